The van der Waals surface area contributed by atoms with Gasteiger partial charge in [0.1, 0.15) is 5.82 Å². The third-order valence-corrected chi connectivity index (χ3v) is 2.64. The SMILES string of the molecule is COc1cc(C(N)=O)ccc1Oc1ccc(F)cc1N. The second kappa shape index (κ2) is 5.48. The lowest BCUT2D eigenvalue weighted by molar-refractivity contribution is 0.1000. The Morgan fingerprint density at radius 1 is 1.10 bits per heavy atom. The van der Waals surface area contributed by atoms with Crippen LogP contribution >= 0.6 is 0 Å². The minimum atomic E-state index is -0.573. The number of methoxy groups -OCH3 is 1. The Balaban J connectivity index is 2.35. The van der Waals surface area contributed by atoms with Crippen LogP contribution < -0.4 is 20.9 Å². The Bertz CT molecular complexity index is 659. The lowest BCUT2D eigenvalue weighted by Crippen LogP contribution is -2.10. The zero-order chi connectivity index (χ0) is 14.7. The molecule has 2 aromatic rings. The molecule has 0 radical (unpaired) electrons. The van der Waals surface area contributed by atoms with Crippen molar-refractivity contribution in [1.29, 1.82) is 0 Å². The van der Waals surface area contributed by atoms with Gasteiger partial charge in [0.15, 0.2) is 17.2 Å². The first-order chi connectivity index (χ1) is 9.51. The predicted molar refractivity (Wildman–Crippen MR) is 72.4 cm³/mol. The highest BCUT2D eigenvalue weighted by Crippen LogP contribution is 2.34. The average molecular weight is 276 g/mol. The topological polar surface area (TPSA) is 87.6 Å². The molecule has 1 amide bonds. The van der Waals surface area contributed by atoms with Gasteiger partial charge in [-0.1, -0.05) is 0 Å². The van der Waals surface area contributed by atoms with Crippen molar-refractivity contribution in [2.45, 2.75) is 0 Å². The number of nitrogen functional groups attached to an aromatic ring is 1. The minimum Gasteiger partial charge on any atom is -0.493 e. The Hall–Kier alpha value is -2.76. The van der Waals surface area contributed by atoms with Crippen LogP contribution in [0, 0.1) is 5.82 Å². The molecule has 0 spiro atoms. The maximum absolute atomic E-state index is 13.0. The molecule has 4 N–H and O–H groups in total. The molecule has 0 heterocycles. The van der Waals surface area contributed by atoms with Gasteiger partial charge < -0.3 is 20.9 Å². The maximum atomic E-state index is 13.0. The number of benzene rings is 2. The average Bonchev–Trinajstić information content (AvgIpc) is 2.42. The van der Waals surface area contributed by atoms with E-state index in [0.29, 0.717) is 17.1 Å². The number of carbonyl (C=O) groups is 1. The fourth-order valence-corrected chi connectivity index (χ4v) is 1.64. The van der Waals surface area contributed by atoms with Crippen LogP contribution in [0.15, 0.2) is 36.4 Å². The van der Waals surface area contributed by atoms with Crippen molar-refractivity contribution < 1.29 is 18.7 Å². The summed E-state index contributed by atoms with van der Waals surface area (Å²) in [7, 11) is 1.43. The summed E-state index contributed by atoms with van der Waals surface area (Å²) in [4.78, 5) is 11.1. The molecule has 0 bridgehead atoms. The van der Waals surface area contributed by atoms with Gasteiger partial charge >= 0.3 is 0 Å². The fraction of sp³-hybridized carbons (Fsp3) is 0.0714. The molecule has 0 fully saturated rings. The van der Waals surface area contributed by atoms with Crippen LogP contribution in [0.5, 0.6) is 17.2 Å². The van der Waals surface area contributed by atoms with Gasteiger partial charge in [-0.3, -0.25) is 4.79 Å². The first-order valence-corrected chi connectivity index (χ1v) is 5.72. The number of halogens is 1. The predicted octanol–water partition coefficient (Wildman–Crippen LogP) is 2.31. The molecule has 5 nitrogen and oxygen atoms in total. The second-order valence-corrected chi connectivity index (χ2v) is 4.01. The van der Waals surface area contributed by atoms with Gasteiger partial charge in [-0.25, -0.2) is 4.39 Å². The van der Waals surface area contributed by atoms with Crippen LogP contribution in [-0.4, -0.2) is 13.0 Å². The van der Waals surface area contributed by atoms with E-state index >= 15 is 0 Å². The number of anilines is 1. The third kappa shape index (κ3) is 2.80. The normalized spacial score (nSPS) is 10.1. The zero-order valence-corrected chi connectivity index (χ0v) is 10.7. The zero-order valence-electron chi connectivity index (χ0n) is 10.7. The van der Waals surface area contributed by atoms with E-state index in [1.54, 1.807) is 0 Å². The van der Waals surface area contributed by atoms with Crippen molar-refractivity contribution in [3.05, 3.63) is 47.8 Å². The van der Waals surface area contributed by atoms with Crippen LogP contribution in [-0.2, 0) is 0 Å². The van der Waals surface area contributed by atoms with Gasteiger partial charge in [0, 0.05) is 11.6 Å². The fourth-order valence-electron chi connectivity index (χ4n) is 1.64. The van der Waals surface area contributed by atoms with Crippen molar-refractivity contribution >= 4 is 11.6 Å². The van der Waals surface area contributed by atoms with Crippen LogP contribution in [0.4, 0.5) is 10.1 Å². The first-order valence-electron chi connectivity index (χ1n) is 5.72. The lowest BCUT2D eigenvalue weighted by Gasteiger charge is -2.12. The standard InChI is InChI=1S/C14H13FN2O3/c1-19-13-6-8(14(17)18)2-4-12(13)20-11-5-3-9(15)7-10(11)16/h2-7H,16H2,1H3,(H2,17,18). The molecule has 2 rings (SSSR count). The quantitative estimate of drug-likeness (QED) is 0.839. The highest BCUT2D eigenvalue weighted by molar-refractivity contribution is 5.93. The summed E-state index contributed by atoms with van der Waals surface area (Å²) in [6.45, 7) is 0. The van der Waals surface area contributed by atoms with Crippen molar-refractivity contribution in [3.63, 3.8) is 0 Å². The van der Waals surface area contributed by atoms with Gasteiger partial charge in [0.05, 0.1) is 12.8 Å². The summed E-state index contributed by atoms with van der Waals surface area (Å²) in [5, 5.41) is 0. The Morgan fingerprint density at radius 2 is 1.80 bits per heavy atom. The monoisotopic (exact) mass is 276 g/mol. The highest BCUT2D eigenvalue weighted by Gasteiger charge is 2.11. The molecule has 0 unspecified atom stereocenters. The molecule has 6 heteroatoms. The van der Waals surface area contributed by atoms with Gasteiger partial charge in [-0.15, -0.1) is 0 Å². The number of primary amides is 1. The molecule has 0 atom stereocenters. The van der Waals surface area contributed by atoms with Crippen LogP contribution in [0.1, 0.15) is 10.4 Å². The Labute approximate surface area is 114 Å². The van der Waals surface area contributed by atoms with Gasteiger partial charge in [0.25, 0.3) is 0 Å². The van der Waals surface area contributed by atoms with E-state index in [0.717, 1.165) is 6.07 Å². The van der Waals surface area contributed by atoms with Crippen LogP contribution in [0.3, 0.4) is 0 Å². The summed E-state index contributed by atoms with van der Waals surface area (Å²) in [5.74, 6) is -0.0700. The molecule has 0 aliphatic rings. The number of hydrogen-bond acceptors (Lipinski definition) is 4. The molecular formula is C14H13FN2O3. The van der Waals surface area contributed by atoms with Gasteiger partial charge in [0.2, 0.25) is 5.91 Å². The summed E-state index contributed by atoms with van der Waals surface area (Å²) >= 11 is 0. The number of carbonyl (C=O) groups excluding carboxylic acids is 1. The third-order valence-electron chi connectivity index (χ3n) is 2.64. The van der Waals surface area contributed by atoms with Crippen molar-refractivity contribution in [2.24, 2.45) is 5.73 Å². The highest BCUT2D eigenvalue weighted by atomic mass is 19.1. The molecule has 0 saturated carbocycles. The van der Waals surface area contributed by atoms with E-state index in [4.69, 9.17) is 20.9 Å². The summed E-state index contributed by atoms with van der Waals surface area (Å²) in [6, 6.07) is 8.28. The molecular weight excluding hydrogens is 263 g/mol. The number of rotatable bonds is 4. The molecule has 104 valence electrons. The van der Waals surface area contributed by atoms with E-state index in [1.165, 1.54) is 37.4 Å². The van der Waals surface area contributed by atoms with Crippen molar-refractivity contribution in [1.82, 2.24) is 0 Å². The van der Waals surface area contributed by atoms with Gasteiger partial charge in [-0.2, -0.15) is 0 Å². The summed E-state index contributed by atoms with van der Waals surface area (Å²) < 4.78 is 23.6. The molecule has 0 saturated heterocycles. The van der Waals surface area contributed by atoms with E-state index in [2.05, 4.69) is 0 Å². The van der Waals surface area contributed by atoms with Crippen molar-refractivity contribution in [3.8, 4) is 17.2 Å². The maximum Gasteiger partial charge on any atom is 0.248 e. The molecule has 2 aromatic carbocycles. The molecule has 0 aromatic heterocycles. The summed E-state index contributed by atoms with van der Waals surface area (Å²) in [5.41, 5.74) is 11.3. The lowest BCUT2D eigenvalue weighted by atomic mass is 10.2. The van der Waals surface area contributed by atoms with Crippen molar-refractivity contribution in [2.75, 3.05) is 12.8 Å². The number of ether oxygens (including phenoxy) is 2. The first kappa shape index (κ1) is 13.7. The van der Waals surface area contributed by atoms with E-state index in [1.807, 2.05) is 0 Å². The molecule has 0 aliphatic heterocycles. The largest absolute Gasteiger partial charge is 0.493 e. The second-order valence-electron chi connectivity index (χ2n) is 4.01. The molecule has 0 aliphatic carbocycles. The van der Waals surface area contributed by atoms with E-state index in [9.17, 15) is 9.18 Å². The number of nitrogens with two attached hydrogens (primary N) is 2. The molecule has 20 heavy (non-hydrogen) atoms. The Morgan fingerprint density at radius 3 is 2.40 bits per heavy atom. The minimum absolute atomic E-state index is 0.158. The Kier molecular flexibility index (Phi) is 3.74. The summed E-state index contributed by atoms with van der Waals surface area (Å²) in [6.07, 6.45) is 0. The smallest absolute Gasteiger partial charge is 0.248 e. The van der Waals surface area contributed by atoms with Gasteiger partial charge in [-0.05, 0) is 30.3 Å². The van der Waals surface area contributed by atoms with Crippen LogP contribution in [0.25, 0.3) is 0 Å². The van der Waals surface area contributed by atoms with E-state index < -0.39 is 11.7 Å². The van der Waals surface area contributed by atoms with Crippen LogP contribution in [0.2, 0.25) is 0 Å². The van der Waals surface area contributed by atoms with E-state index in [-0.39, 0.29) is 11.4 Å². The number of hydrogen-bond donors (Lipinski definition) is 2. The number of amides is 1.